The Morgan fingerprint density at radius 1 is 1.50 bits per heavy atom. The lowest BCUT2D eigenvalue weighted by Gasteiger charge is -2.26. The second kappa shape index (κ2) is 5.58. The lowest BCUT2D eigenvalue weighted by molar-refractivity contribution is 0.0718. The molecule has 0 aliphatic carbocycles. The third-order valence-corrected chi connectivity index (χ3v) is 2.80. The molecular weight excluding hydrogens is 207 g/mol. The van der Waals surface area contributed by atoms with E-state index >= 15 is 0 Å². The van der Waals surface area contributed by atoms with Gasteiger partial charge in [0.2, 0.25) is 5.95 Å². The van der Waals surface area contributed by atoms with Crippen molar-refractivity contribution in [1.29, 1.82) is 0 Å². The zero-order valence-corrected chi connectivity index (χ0v) is 9.90. The van der Waals surface area contributed by atoms with Crippen LogP contribution in [0, 0.1) is 5.95 Å². The summed E-state index contributed by atoms with van der Waals surface area (Å²) in [7, 11) is 1.70. The molecule has 1 aromatic heterocycles. The largest absolute Gasteiger partial charge is 0.339 e. The van der Waals surface area contributed by atoms with Crippen LogP contribution in [0.1, 0.15) is 37.0 Å². The van der Waals surface area contributed by atoms with E-state index in [1.54, 1.807) is 18.0 Å². The van der Waals surface area contributed by atoms with Crippen molar-refractivity contribution in [2.45, 2.75) is 32.7 Å². The Balaban J connectivity index is 2.90. The fourth-order valence-electron chi connectivity index (χ4n) is 1.74. The molecule has 0 bridgehead atoms. The van der Waals surface area contributed by atoms with Gasteiger partial charge in [0, 0.05) is 19.3 Å². The highest BCUT2D eigenvalue weighted by Gasteiger charge is 2.21. The molecule has 1 amide bonds. The van der Waals surface area contributed by atoms with Crippen molar-refractivity contribution in [2.24, 2.45) is 0 Å². The van der Waals surface area contributed by atoms with E-state index in [4.69, 9.17) is 0 Å². The fraction of sp³-hybridized carbons (Fsp3) is 0.500. The van der Waals surface area contributed by atoms with Crippen molar-refractivity contribution in [3.05, 3.63) is 29.8 Å². The Morgan fingerprint density at radius 3 is 2.62 bits per heavy atom. The molecule has 0 radical (unpaired) electrons. The standard InChI is InChI=1S/C12H17FN2O/c1-4-9(5-2)15(3)12(16)10-7-6-8-14-11(10)13/h6-9H,4-5H2,1-3H3. The van der Waals surface area contributed by atoms with Crippen LogP contribution in [0.5, 0.6) is 0 Å². The first-order chi connectivity index (χ1) is 7.61. The van der Waals surface area contributed by atoms with Gasteiger partial charge in [-0.2, -0.15) is 4.39 Å². The second-order valence-corrected chi connectivity index (χ2v) is 3.73. The highest BCUT2D eigenvalue weighted by molar-refractivity contribution is 5.94. The number of hydrogen-bond donors (Lipinski definition) is 0. The summed E-state index contributed by atoms with van der Waals surface area (Å²) in [5.74, 6) is -1.01. The summed E-state index contributed by atoms with van der Waals surface area (Å²) in [5.41, 5.74) is 0.0388. The van der Waals surface area contributed by atoms with Crippen molar-refractivity contribution >= 4 is 5.91 Å². The van der Waals surface area contributed by atoms with Crippen molar-refractivity contribution in [2.75, 3.05) is 7.05 Å². The van der Waals surface area contributed by atoms with Crippen LogP contribution in [-0.4, -0.2) is 28.9 Å². The van der Waals surface area contributed by atoms with Gasteiger partial charge in [-0.15, -0.1) is 0 Å². The average molecular weight is 224 g/mol. The highest BCUT2D eigenvalue weighted by Crippen LogP contribution is 2.12. The quantitative estimate of drug-likeness (QED) is 0.736. The molecule has 88 valence electrons. The minimum Gasteiger partial charge on any atom is -0.339 e. The Hall–Kier alpha value is -1.45. The van der Waals surface area contributed by atoms with E-state index in [0.29, 0.717) is 0 Å². The van der Waals surface area contributed by atoms with Gasteiger partial charge in [-0.25, -0.2) is 4.98 Å². The summed E-state index contributed by atoms with van der Waals surface area (Å²) in [6.07, 6.45) is 3.06. The van der Waals surface area contributed by atoms with Gasteiger partial charge in [-0.3, -0.25) is 4.79 Å². The molecule has 0 atom stereocenters. The van der Waals surface area contributed by atoms with Gasteiger partial charge in [0.1, 0.15) is 0 Å². The molecule has 16 heavy (non-hydrogen) atoms. The van der Waals surface area contributed by atoms with Crippen LogP contribution in [0.3, 0.4) is 0 Å². The van der Waals surface area contributed by atoms with Crippen LogP contribution >= 0.6 is 0 Å². The first kappa shape index (κ1) is 12.6. The van der Waals surface area contributed by atoms with E-state index in [2.05, 4.69) is 4.98 Å². The Morgan fingerprint density at radius 2 is 2.12 bits per heavy atom. The SMILES string of the molecule is CCC(CC)N(C)C(=O)c1cccnc1F. The topological polar surface area (TPSA) is 33.2 Å². The Labute approximate surface area is 95.3 Å². The molecule has 0 saturated carbocycles. The molecular formula is C12H17FN2O. The highest BCUT2D eigenvalue weighted by atomic mass is 19.1. The van der Waals surface area contributed by atoms with E-state index in [1.807, 2.05) is 13.8 Å². The van der Waals surface area contributed by atoms with Crippen molar-refractivity contribution in [3.63, 3.8) is 0 Å². The molecule has 0 N–H and O–H groups in total. The van der Waals surface area contributed by atoms with Crippen molar-refractivity contribution in [1.82, 2.24) is 9.88 Å². The first-order valence-corrected chi connectivity index (χ1v) is 5.49. The Bertz CT molecular complexity index is 364. The lowest BCUT2D eigenvalue weighted by Crippen LogP contribution is -2.36. The average Bonchev–Trinajstić information content (AvgIpc) is 2.30. The molecule has 0 spiro atoms. The predicted octanol–water partition coefficient (Wildman–Crippen LogP) is 2.48. The fourth-order valence-corrected chi connectivity index (χ4v) is 1.74. The summed E-state index contributed by atoms with van der Waals surface area (Å²) in [6.45, 7) is 4.02. The summed E-state index contributed by atoms with van der Waals surface area (Å²) in [5, 5.41) is 0. The van der Waals surface area contributed by atoms with E-state index < -0.39 is 5.95 Å². The third kappa shape index (κ3) is 2.56. The molecule has 0 aliphatic heterocycles. The maximum Gasteiger partial charge on any atom is 0.258 e. The number of aromatic nitrogens is 1. The van der Waals surface area contributed by atoms with Crippen molar-refractivity contribution in [3.8, 4) is 0 Å². The number of pyridine rings is 1. The normalized spacial score (nSPS) is 10.6. The number of rotatable bonds is 4. The summed E-state index contributed by atoms with van der Waals surface area (Å²) in [4.78, 5) is 17.0. The molecule has 0 aliphatic rings. The number of halogens is 1. The summed E-state index contributed by atoms with van der Waals surface area (Å²) in [6, 6.07) is 3.17. The van der Waals surface area contributed by atoms with Crippen LogP contribution in [0.15, 0.2) is 18.3 Å². The van der Waals surface area contributed by atoms with Crippen molar-refractivity contribution < 1.29 is 9.18 Å². The molecule has 0 aromatic carbocycles. The number of nitrogens with zero attached hydrogens (tertiary/aromatic N) is 2. The Kier molecular flexibility index (Phi) is 4.40. The molecule has 1 aromatic rings. The smallest absolute Gasteiger partial charge is 0.258 e. The molecule has 0 unspecified atom stereocenters. The van der Waals surface area contributed by atoms with E-state index in [9.17, 15) is 9.18 Å². The van der Waals surface area contributed by atoms with Gasteiger partial charge in [-0.1, -0.05) is 13.8 Å². The number of carbonyl (C=O) groups is 1. The van der Waals surface area contributed by atoms with Gasteiger partial charge < -0.3 is 4.90 Å². The van der Waals surface area contributed by atoms with E-state index in [0.717, 1.165) is 12.8 Å². The summed E-state index contributed by atoms with van der Waals surface area (Å²) < 4.78 is 13.3. The molecule has 0 saturated heterocycles. The van der Waals surface area contributed by atoms with Gasteiger partial charge in [0.25, 0.3) is 5.91 Å². The predicted molar refractivity (Wildman–Crippen MR) is 60.7 cm³/mol. The molecule has 3 nitrogen and oxygen atoms in total. The van der Waals surface area contributed by atoms with Gasteiger partial charge in [-0.05, 0) is 25.0 Å². The molecule has 1 heterocycles. The van der Waals surface area contributed by atoms with E-state index in [-0.39, 0.29) is 17.5 Å². The van der Waals surface area contributed by atoms with Crippen LogP contribution in [-0.2, 0) is 0 Å². The lowest BCUT2D eigenvalue weighted by atomic mass is 10.1. The van der Waals surface area contributed by atoms with Crippen LogP contribution in [0.25, 0.3) is 0 Å². The maximum absolute atomic E-state index is 13.3. The van der Waals surface area contributed by atoms with Crippen LogP contribution in [0.2, 0.25) is 0 Å². The zero-order chi connectivity index (χ0) is 12.1. The van der Waals surface area contributed by atoms with E-state index in [1.165, 1.54) is 12.3 Å². The monoisotopic (exact) mass is 224 g/mol. The van der Waals surface area contributed by atoms with Gasteiger partial charge >= 0.3 is 0 Å². The van der Waals surface area contributed by atoms with Gasteiger partial charge in [0.05, 0.1) is 5.56 Å². The minimum atomic E-state index is -0.703. The first-order valence-electron chi connectivity index (χ1n) is 5.49. The third-order valence-electron chi connectivity index (χ3n) is 2.80. The maximum atomic E-state index is 13.3. The molecule has 4 heteroatoms. The zero-order valence-electron chi connectivity index (χ0n) is 9.90. The molecule has 1 rings (SSSR count). The minimum absolute atomic E-state index is 0.0388. The van der Waals surface area contributed by atoms with Crippen LogP contribution < -0.4 is 0 Å². The summed E-state index contributed by atoms with van der Waals surface area (Å²) >= 11 is 0. The number of carbonyl (C=O) groups excluding carboxylic acids is 1. The molecule has 0 fully saturated rings. The number of hydrogen-bond acceptors (Lipinski definition) is 2. The van der Waals surface area contributed by atoms with Crippen LogP contribution in [0.4, 0.5) is 4.39 Å². The number of amides is 1. The second-order valence-electron chi connectivity index (χ2n) is 3.73. The van der Waals surface area contributed by atoms with Gasteiger partial charge in [0.15, 0.2) is 0 Å².